The molecule has 2 aromatic heterocycles. The maximum absolute atomic E-state index is 14.5. The predicted octanol–water partition coefficient (Wildman–Crippen LogP) is 5.98. The van der Waals surface area contributed by atoms with E-state index < -0.39 is 66.2 Å². The lowest BCUT2D eigenvalue weighted by atomic mass is 9.68. The molecule has 0 amide bonds. The van der Waals surface area contributed by atoms with Crippen molar-refractivity contribution in [2.75, 3.05) is 0 Å². The summed E-state index contributed by atoms with van der Waals surface area (Å²) in [6.45, 7) is 14.7. The van der Waals surface area contributed by atoms with Crippen molar-refractivity contribution in [3.05, 3.63) is 96.6 Å². The molecule has 0 saturated heterocycles. The van der Waals surface area contributed by atoms with Gasteiger partial charge in [0.25, 0.3) is 0 Å². The molecule has 14 heteroatoms. The number of benzene rings is 2. The van der Waals surface area contributed by atoms with Crippen LogP contribution < -0.4 is 0 Å². The first kappa shape index (κ1) is 35.5. The van der Waals surface area contributed by atoms with Gasteiger partial charge in [0.15, 0.2) is 0 Å². The Balaban J connectivity index is 1.97. The van der Waals surface area contributed by atoms with Gasteiger partial charge in [0.2, 0.25) is 11.6 Å². The Hall–Kier alpha value is -3.35. The molecule has 2 aromatic carbocycles. The van der Waals surface area contributed by atoms with Crippen molar-refractivity contribution in [1.82, 2.24) is 29.5 Å². The van der Waals surface area contributed by atoms with Crippen molar-refractivity contribution >= 4 is 8.25 Å². The number of aromatic nitrogens is 6. The maximum Gasteiger partial charge on any atom is 0.324 e. The first-order valence-electron chi connectivity index (χ1n) is 15.2. The van der Waals surface area contributed by atoms with E-state index in [9.17, 15) is 23.6 Å². The molecule has 46 heavy (non-hydrogen) atoms. The number of halogens is 2. The van der Waals surface area contributed by atoms with Gasteiger partial charge in [-0.1, -0.05) is 79.7 Å². The van der Waals surface area contributed by atoms with Crippen LogP contribution in [0.4, 0.5) is 8.78 Å². The fourth-order valence-electron chi connectivity index (χ4n) is 7.42. The molecule has 2 heterocycles. The summed E-state index contributed by atoms with van der Waals surface area (Å²) in [7, 11) is -3.95. The van der Waals surface area contributed by atoms with Crippen molar-refractivity contribution in [1.29, 1.82) is 0 Å². The molecule has 0 aliphatic rings. The molecule has 0 spiro atoms. The second-order valence-corrected chi connectivity index (χ2v) is 13.6. The van der Waals surface area contributed by atoms with E-state index in [4.69, 9.17) is 9.05 Å². The highest BCUT2D eigenvalue weighted by Gasteiger charge is 2.63. The monoisotopic (exact) mass is 660 g/mol. The lowest BCUT2D eigenvalue weighted by Gasteiger charge is -2.53. The lowest BCUT2D eigenvalue weighted by molar-refractivity contribution is -0.283. The Labute approximate surface area is 268 Å². The summed E-state index contributed by atoms with van der Waals surface area (Å²) < 4.78 is 58.0. The van der Waals surface area contributed by atoms with Gasteiger partial charge in [-0.25, -0.2) is 28.1 Å². The summed E-state index contributed by atoms with van der Waals surface area (Å²) >= 11 is 0. The smallest absolute Gasteiger partial charge is 0.324 e. The van der Waals surface area contributed by atoms with Crippen molar-refractivity contribution in [3.8, 4) is 0 Å². The molecular weight excluding hydrogens is 617 g/mol. The minimum Gasteiger partial charge on any atom is -0.360 e. The lowest BCUT2D eigenvalue weighted by Crippen LogP contribution is -2.62. The first-order chi connectivity index (χ1) is 21.6. The highest BCUT2D eigenvalue weighted by atomic mass is 31.1. The predicted molar refractivity (Wildman–Crippen MR) is 167 cm³/mol. The standard InChI is InChI=1S/C32H43F2N6O5P/c1-21(2)29(22(3)4,39-19-35-17-37-39)31(41,25-9-13-27(33)14-10-25)44-46(43)45-32(42,26-11-15-28(34)16-12-26)30(23(5)6,24(7)8)40-20-36-18-38-40/h9-24,41-42,46H,1-8H3. The summed E-state index contributed by atoms with van der Waals surface area (Å²) in [6.07, 6.45) is 5.43. The summed E-state index contributed by atoms with van der Waals surface area (Å²) in [5.74, 6) is -7.89. The first-order valence-corrected chi connectivity index (χ1v) is 16.4. The van der Waals surface area contributed by atoms with Crippen LogP contribution in [0.2, 0.25) is 0 Å². The molecule has 0 radical (unpaired) electrons. The Morgan fingerprint density at radius 3 is 1.17 bits per heavy atom. The zero-order valence-electron chi connectivity index (χ0n) is 27.3. The van der Waals surface area contributed by atoms with Gasteiger partial charge >= 0.3 is 8.25 Å². The molecule has 0 aliphatic heterocycles. The van der Waals surface area contributed by atoms with Crippen LogP contribution in [0.3, 0.4) is 0 Å². The van der Waals surface area contributed by atoms with Crippen molar-refractivity contribution in [2.24, 2.45) is 23.7 Å². The Kier molecular flexibility index (Phi) is 10.3. The molecule has 4 rings (SSSR count). The molecule has 0 saturated carbocycles. The number of hydrogen-bond acceptors (Lipinski definition) is 9. The minimum absolute atomic E-state index is 0.0642. The van der Waals surface area contributed by atoms with Crippen molar-refractivity contribution in [3.63, 3.8) is 0 Å². The zero-order chi connectivity index (χ0) is 34.1. The van der Waals surface area contributed by atoms with E-state index in [1.807, 2.05) is 55.4 Å². The van der Waals surface area contributed by atoms with Crippen LogP contribution in [0.25, 0.3) is 0 Å². The highest BCUT2D eigenvalue weighted by Crippen LogP contribution is 2.58. The van der Waals surface area contributed by atoms with Gasteiger partial charge in [-0.2, -0.15) is 10.2 Å². The van der Waals surface area contributed by atoms with E-state index in [1.54, 1.807) is 0 Å². The van der Waals surface area contributed by atoms with E-state index in [1.165, 1.54) is 58.9 Å². The van der Waals surface area contributed by atoms with E-state index in [0.29, 0.717) is 0 Å². The molecule has 250 valence electrons. The van der Waals surface area contributed by atoms with E-state index >= 15 is 0 Å². The number of rotatable bonds is 14. The quantitative estimate of drug-likeness (QED) is 0.124. The van der Waals surface area contributed by atoms with Crippen LogP contribution in [-0.2, 0) is 36.3 Å². The van der Waals surface area contributed by atoms with Gasteiger partial charge in [0.05, 0.1) is 0 Å². The molecule has 11 nitrogen and oxygen atoms in total. The summed E-state index contributed by atoms with van der Waals surface area (Å²) in [6, 6.07) is 9.91. The highest BCUT2D eigenvalue weighted by molar-refractivity contribution is 7.33. The molecule has 0 aliphatic carbocycles. The third-order valence-corrected chi connectivity index (χ3v) is 10.1. The average Bonchev–Trinajstić information content (AvgIpc) is 3.69. The molecule has 2 N–H and O–H groups in total. The Morgan fingerprint density at radius 1 is 0.630 bits per heavy atom. The van der Waals surface area contributed by atoms with Crippen LogP contribution in [0, 0.1) is 35.3 Å². The van der Waals surface area contributed by atoms with Crippen molar-refractivity contribution in [2.45, 2.75) is 78.0 Å². The Bertz CT molecular complexity index is 1450. The van der Waals surface area contributed by atoms with Gasteiger partial charge < -0.3 is 10.2 Å². The third-order valence-electron chi connectivity index (χ3n) is 9.14. The SMILES string of the molecule is CC(C)C(C(C)C)(n1cncn1)C(O)(O[PH](=O)OC(O)(c1ccc(F)cc1)C(C(C)C)(C(C)C)n1cncn1)c1ccc(F)cc1. The molecular formula is C32H43F2N6O5P. The number of aliphatic hydroxyl groups is 2. The van der Waals surface area contributed by atoms with Crippen LogP contribution in [0.1, 0.15) is 66.5 Å². The van der Waals surface area contributed by atoms with Crippen LogP contribution >= 0.6 is 8.25 Å². The van der Waals surface area contributed by atoms with Crippen LogP contribution in [0.15, 0.2) is 73.8 Å². The molecule has 2 atom stereocenters. The van der Waals surface area contributed by atoms with E-state index in [2.05, 4.69) is 20.2 Å². The second-order valence-electron chi connectivity index (χ2n) is 12.7. The van der Waals surface area contributed by atoms with Gasteiger partial charge in [-0.15, -0.1) is 0 Å². The largest absolute Gasteiger partial charge is 0.360 e. The fourth-order valence-corrected chi connectivity index (χ4v) is 8.51. The Morgan fingerprint density at radius 2 is 0.935 bits per heavy atom. The van der Waals surface area contributed by atoms with Gasteiger partial charge in [-0.3, -0.25) is 13.6 Å². The minimum atomic E-state index is -3.95. The molecule has 0 bridgehead atoms. The maximum atomic E-state index is 14.5. The van der Waals surface area contributed by atoms with E-state index in [-0.39, 0.29) is 11.1 Å². The fraction of sp³-hybridized carbons (Fsp3) is 0.500. The normalized spacial score (nSPS) is 16.3. The van der Waals surface area contributed by atoms with Gasteiger partial charge in [0, 0.05) is 11.1 Å². The van der Waals surface area contributed by atoms with E-state index in [0.717, 1.165) is 24.3 Å². The molecule has 2 unspecified atom stereocenters. The van der Waals surface area contributed by atoms with Crippen LogP contribution in [-0.4, -0.2) is 39.7 Å². The van der Waals surface area contributed by atoms with Gasteiger partial charge in [-0.05, 0) is 47.9 Å². The molecule has 0 fully saturated rings. The summed E-state index contributed by atoms with van der Waals surface area (Å²) in [5, 5.41) is 34.4. The van der Waals surface area contributed by atoms with Crippen LogP contribution in [0.5, 0.6) is 0 Å². The zero-order valence-corrected chi connectivity index (χ0v) is 28.3. The number of hydrogen-bond donors (Lipinski definition) is 2. The topological polar surface area (TPSA) is 137 Å². The van der Waals surface area contributed by atoms with Crippen molar-refractivity contribution < 1.29 is 32.6 Å². The second kappa shape index (κ2) is 13.4. The summed E-state index contributed by atoms with van der Waals surface area (Å²) in [5.41, 5.74) is -2.85. The molecule has 4 aromatic rings. The summed E-state index contributed by atoms with van der Waals surface area (Å²) in [4.78, 5) is 8.19. The van der Waals surface area contributed by atoms with Gasteiger partial charge in [0.1, 0.15) is 48.0 Å². The number of nitrogens with zero attached hydrogens (tertiary/aromatic N) is 6. The average molecular weight is 661 g/mol. The third kappa shape index (κ3) is 5.62.